The summed E-state index contributed by atoms with van der Waals surface area (Å²) < 4.78 is 0. The van der Waals surface area contributed by atoms with Crippen molar-refractivity contribution in [2.45, 2.75) is 30.4 Å². The Bertz CT molecular complexity index is 341. The molecule has 0 unspecified atom stereocenters. The molecule has 0 aliphatic heterocycles. The molecule has 0 N–H and O–H groups in total. The quantitative estimate of drug-likeness (QED) is 0.332. The lowest BCUT2D eigenvalue weighted by Gasteiger charge is -2.04. The normalized spacial score (nSPS) is 10.3. The van der Waals surface area contributed by atoms with Crippen molar-refractivity contribution in [1.82, 2.24) is 0 Å². The van der Waals surface area contributed by atoms with Crippen LogP contribution in [-0.4, -0.2) is 17.3 Å². The van der Waals surface area contributed by atoms with Crippen molar-refractivity contribution in [2.75, 3.05) is 0 Å². The van der Waals surface area contributed by atoms with Crippen LogP contribution in [0.4, 0.5) is 0 Å². The first-order valence-electron chi connectivity index (χ1n) is 4.87. The van der Waals surface area contributed by atoms with Crippen LogP contribution in [0, 0.1) is 0 Å². The third-order valence-electron chi connectivity index (χ3n) is 1.82. The Labute approximate surface area is 94.1 Å². The van der Waals surface area contributed by atoms with Crippen molar-refractivity contribution in [3.8, 4) is 0 Å². The fourth-order valence-electron chi connectivity index (χ4n) is 1.19. The van der Waals surface area contributed by atoms with Gasteiger partial charge in [0.05, 0.1) is 6.42 Å². The summed E-state index contributed by atoms with van der Waals surface area (Å²) in [6.07, 6.45) is 0.607. The largest absolute Gasteiger partial charge is 0.303 e. The second kappa shape index (κ2) is 5.71. The number of ketones is 1. The molecular weight excluding hydrogens is 208 g/mol. The van der Waals surface area contributed by atoms with Gasteiger partial charge in [0.1, 0.15) is 6.29 Å². The Morgan fingerprint density at radius 2 is 1.93 bits per heavy atom. The molecule has 2 nitrogen and oxygen atoms in total. The fraction of sp³-hybridized carbons (Fsp3) is 0.333. The average Bonchev–Trinajstić information content (AvgIpc) is 2.18. The third-order valence-corrected chi connectivity index (χ3v) is 2.83. The molecule has 15 heavy (non-hydrogen) atoms. The molecule has 0 heterocycles. The number of hydrogen-bond acceptors (Lipinski definition) is 3. The van der Waals surface area contributed by atoms with Crippen LogP contribution in [0.15, 0.2) is 29.2 Å². The molecule has 3 heteroatoms. The van der Waals surface area contributed by atoms with E-state index in [9.17, 15) is 9.59 Å². The highest BCUT2D eigenvalue weighted by molar-refractivity contribution is 7.99. The summed E-state index contributed by atoms with van der Waals surface area (Å²) in [7, 11) is 0. The summed E-state index contributed by atoms with van der Waals surface area (Å²) in [6.45, 7) is 4.24. The molecule has 0 spiro atoms. The second-order valence-electron chi connectivity index (χ2n) is 3.48. The van der Waals surface area contributed by atoms with Crippen molar-refractivity contribution >= 4 is 23.8 Å². The number of rotatable bonds is 5. The van der Waals surface area contributed by atoms with Crippen LogP contribution >= 0.6 is 11.8 Å². The molecule has 0 bridgehead atoms. The van der Waals surface area contributed by atoms with Gasteiger partial charge in [0.2, 0.25) is 0 Å². The van der Waals surface area contributed by atoms with Gasteiger partial charge in [0.15, 0.2) is 5.78 Å². The minimum atomic E-state index is -0.119. The maximum Gasteiger partial charge on any atom is 0.169 e. The van der Waals surface area contributed by atoms with Crippen LogP contribution < -0.4 is 0 Å². The van der Waals surface area contributed by atoms with Gasteiger partial charge in [-0.15, -0.1) is 11.8 Å². The average molecular weight is 222 g/mol. The van der Waals surface area contributed by atoms with E-state index in [1.807, 2.05) is 12.1 Å². The zero-order valence-corrected chi connectivity index (χ0v) is 9.71. The van der Waals surface area contributed by atoms with Crippen molar-refractivity contribution in [1.29, 1.82) is 0 Å². The Kier molecular flexibility index (Phi) is 4.56. The second-order valence-corrected chi connectivity index (χ2v) is 5.13. The summed E-state index contributed by atoms with van der Waals surface area (Å²) in [5, 5.41) is 0.529. The monoisotopic (exact) mass is 222 g/mol. The van der Waals surface area contributed by atoms with Gasteiger partial charge >= 0.3 is 0 Å². The first-order valence-corrected chi connectivity index (χ1v) is 5.75. The summed E-state index contributed by atoms with van der Waals surface area (Å²) >= 11 is 1.75. The van der Waals surface area contributed by atoms with Crippen molar-refractivity contribution in [2.24, 2.45) is 0 Å². The zero-order chi connectivity index (χ0) is 11.3. The zero-order valence-electron chi connectivity index (χ0n) is 8.90. The lowest BCUT2D eigenvalue weighted by molar-refractivity contribution is -0.107. The molecule has 1 rings (SSSR count). The number of carbonyl (C=O) groups excluding carboxylic acids is 2. The number of carbonyl (C=O) groups is 2. The van der Waals surface area contributed by atoms with Crippen molar-refractivity contribution in [3.05, 3.63) is 29.8 Å². The molecular formula is C12H14O2S. The number of Topliss-reactive ketones (excluding diaryl/α,β-unsaturated/α-hetero) is 1. The van der Waals surface area contributed by atoms with Crippen molar-refractivity contribution in [3.63, 3.8) is 0 Å². The Morgan fingerprint density at radius 1 is 1.33 bits per heavy atom. The lowest BCUT2D eigenvalue weighted by Crippen LogP contribution is -1.99. The number of thioether (sulfide) groups is 1. The van der Waals surface area contributed by atoms with E-state index in [-0.39, 0.29) is 12.2 Å². The molecule has 0 saturated heterocycles. The maximum absolute atomic E-state index is 11.3. The molecule has 80 valence electrons. The predicted molar refractivity (Wildman–Crippen MR) is 62.4 cm³/mol. The van der Waals surface area contributed by atoms with Gasteiger partial charge in [0, 0.05) is 15.7 Å². The maximum atomic E-state index is 11.3. The van der Waals surface area contributed by atoms with E-state index in [4.69, 9.17) is 0 Å². The van der Waals surface area contributed by atoms with E-state index in [1.54, 1.807) is 23.9 Å². The van der Waals surface area contributed by atoms with E-state index in [2.05, 4.69) is 13.8 Å². The molecule has 0 aliphatic carbocycles. The summed E-state index contributed by atoms with van der Waals surface area (Å²) in [5.41, 5.74) is 0.607. The summed E-state index contributed by atoms with van der Waals surface area (Å²) in [5.74, 6) is -0.119. The highest BCUT2D eigenvalue weighted by Gasteiger charge is 2.05. The van der Waals surface area contributed by atoms with Gasteiger partial charge in [-0.3, -0.25) is 4.79 Å². The fourth-order valence-corrected chi connectivity index (χ4v) is 2.02. The molecule has 0 saturated carbocycles. The lowest BCUT2D eigenvalue weighted by atomic mass is 10.1. The molecule has 1 aromatic rings. The van der Waals surface area contributed by atoms with Gasteiger partial charge in [-0.05, 0) is 12.1 Å². The van der Waals surface area contributed by atoms with E-state index >= 15 is 0 Å². The Balaban J connectivity index is 2.71. The van der Waals surface area contributed by atoms with Gasteiger partial charge in [-0.2, -0.15) is 0 Å². The third kappa shape index (κ3) is 3.88. The van der Waals surface area contributed by atoms with Gasteiger partial charge in [-0.25, -0.2) is 0 Å². The van der Waals surface area contributed by atoms with Crippen LogP contribution in [0.5, 0.6) is 0 Å². The molecule has 0 aromatic heterocycles. The SMILES string of the molecule is CC(C)Sc1ccc(C(=O)CC=O)cc1. The van der Waals surface area contributed by atoms with Crippen LogP contribution in [-0.2, 0) is 4.79 Å². The van der Waals surface area contributed by atoms with E-state index < -0.39 is 0 Å². The van der Waals surface area contributed by atoms with E-state index in [0.717, 1.165) is 4.90 Å². The van der Waals surface area contributed by atoms with E-state index in [1.165, 1.54) is 0 Å². The minimum Gasteiger partial charge on any atom is -0.303 e. The molecule has 0 radical (unpaired) electrons. The van der Waals surface area contributed by atoms with Crippen LogP contribution in [0.2, 0.25) is 0 Å². The van der Waals surface area contributed by atoms with Gasteiger partial charge in [-0.1, -0.05) is 26.0 Å². The molecule has 0 atom stereocenters. The Hall–Kier alpha value is -1.09. The number of aldehydes is 1. The number of benzene rings is 1. The molecule has 0 fully saturated rings. The minimum absolute atomic E-state index is 0.0311. The summed E-state index contributed by atoms with van der Waals surface area (Å²) in [4.78, 5) is 22.7. The predicted octanol–water partition coefficient (Wildman–Crippen LogP) is 2.96. The van der Waals surface area contributed by atoms with E-state index in [0.29, 0.717) is 17.1 Å². The van der Waals surface area contributed by atoms with Crippen LogP contribution in [0.25, 0.3) is 0 Å². The summed E-state index contributed by atoms with van der Waals surface area (Å²) in [6, 6.07) is 7.39. The first-order chi connectivity index (χ1) is 7.13. The van der Waals surface area contributed by atoms with Gasteiger partial charge < -0.3 is 4.79 Å². The molecule has 0 amide bonds. The molecule has 1 aromatic carbocycles. The van der Waals surface area contributed by atoms with Crippen LogP contribution in [0.1, 0.15) is 30.6 Å². The topological polar surface area (TPSA) is 34.1 Å². The highest BCUT2D eigenvalue weighted by atomic mass is 32.2. The van der Waals surface area contributed by atoms with Crippen LogP contribution in [0.3, 0.4) is 0 Å². The van der Waals surface area contributed by atoms with Crippen molar-refractivity contribution < 1.29 is 9.59 Å². The number of hydrogen-bond donors (Lipinski definition) is 0. The highest BCUT2D eigenvalue weighted by Crippen LogP contribution is 2.23. The smallest absolute Gasteiger partial charge is 0.169 e. The van der Waals surface area contributed by atoms with Gasteiger partial charge in [0.25, 0.3) is 0 Å². The molecule has 0 aliphatic rings. The standard InChI is InChI=1S/C12H14O2S/c1-9(2)15-11-5-3-10(4-6-11)12(14)7-8-13/h3-6,8-9H,7H2,1-2H3. The Morgan fingerprint density at radius 3 is 2.40 bits per heavy atom. The first kappa shape index (κ1) is 12.0.